The fourth-order valence-electron chi connectivity index (χ4n) is 3.10. The Kier molecular flexibility index (Phi) is 6.02. The van der Waals surface area contributed by atoms with Crippen molar-refractivity contribution in [2.75, 3.05) is 20.8 Å². The minimum Gasteiger partial charge on any atom is -0.495 e. The number of ketones is 1. The Bertz CT molecular complexity index is 1030. The number of aromatic nitrogens is 1. The number of nitrogens with one attached hydrogen (secondary N) is 1. The van der Waals surface area contributed by atoms with Crippen LogP contribution in [0.4, 0.5) is 0 Å². The quantitative estimate of drug-likeness (QED) is 0.486. The number of pyridine rings is 1. The molecule has 0 aliphatic rings. The molecule has 0 aliphatic carbocycles. The molecule has 28 heavy (non-hydrogen) atoms. The number of carbonyl (C=O) groups excluding carboxylic acids is 2. The lowest BCUT2D eigenvalue weighted by Crippen LogP contribution is -2.40. The molecule has 0 radical (unpaired) electrons. The summed E-state index contributed by atoms with van der Waals surface area (Å²) in [7, 11) is 3.07. The number of methoxy groups -OCH3 is 2. The van der Waals surface area contributed by atoms with Crippen LogP contribution in [0.1, 0.15) is 17.4 Å². The van der Waals surface area contributed by atoms with Gasteiger partial charge in [-0.2, -0.15) is 0 Å². The van der Waals surface area contributed by atoms with Gasteiger partial charge >= 0.3 is 0 Å². The third-order valence-electron chi connectivity index (χ3n) is 4.36. The van der Waals surface area contributed by atoms with E-state index in [-0.39, 0.29) is 11.7 Å². The molecule has 1 atom stereocenters. The molecule has 0 bridgehead atoms. The van der Waals surface area contributed by atoms with Gasteiger partial charge < -0.3 is 19.2 Å². The van der Waals surface area contributed by atoms with Crippen LogP contribution in [0.15, 0.2) is 48.7 Å². The summed E-state index contributed by atoms with van der Waals surface area (Å²) in [5.41, 5.74) is 2.41. The summed E-state index contributed by atoms with van der Waals surface area (Å²) in [4.78, 5) is 25.6. The number of ether oxygens (including phenoxy) is 2. The van der Waals surface area contributed by atoms with Crippen LogP contribution < -0.4 is 10.1 Å². The first-order chi connectivity index (χ1) is 13.5. The number of benzene rings is 1. The average molecular weight is 401 g/mol. The predicted octanol–water partition coefficient (Wildman–Crippen LogP) is 3.60. The van der Waals surface area contributed by atoms with Crippen molar-refractivity contribution < 1.29 is 19.1 Å². The third kappa shape index (κ3) is 3.88. The zero-order chi connectivity index (χ0) is 20.3. The van der Waals surface area contributed by atoms with E-state index in [1.165, 1.54) is 14.2 Å². The molecule has 2 heterocycles. The lowest BCUT2D eigenvalue weighted by molar-refractivity contribution is -0.117. The number of rotatable bonds is 7. The molecule has 1 amide bonds. The highest BCUT2D eigenvalue weighted by Gasteiger charge is 2.25. The van der Waals surface area contributed by atoms with Crippen LogP contribution in [-0.2, 0) is 9.53 Å². The van der Waals surface area contributed by atoms with Crippen LogP contribution in [0.25, 0.3) is 16.6 Å². The molecule has 146 valence electrons. The minimum absolute atomic E-state index is 0.277. The normalized spacial score (nSPS) is 12.0. The van der Waals surface area contributed by atoms with Gasteiger partial charge in [0.1, 0.15) is 11.4 Å². The molecule has 0 fully saturated rings. The molecule has 0 aliphatic heterocycles. The Hall–Kier alpha value is -2.83. The zero-order valence-electron chi connectivity index (χ0n) is 15.9. The van der Waals surface area contributed by atoms with Crippen LogP contribution in [0.5, 0.6) is 5.75 Å². The van der Waals surface area contributed by atoms with Crippen molar-refractivity contribution >= 4 is 28.8 Å². The van der Waals surface area contributed by atoms with Crippen molar-refractivity contribution in [3.8, 4) is 16.9 Å². The summed E-state index contributed by atoms with van der Waals surface area (Å²) in [5.74, 6) is -0.779. The summed E-state index contributed by atoms with van der Waals surface area (Å²) in [6.45, 7) is 2.09. The maximum Gasteiger partial charge on any atom is 0.294 e. The SMILES string of the molecule is COC[C@@H](C)NC(=O)C(=O)c1c(-c2ccc(OC)c(Cl)c2)cc2ccccn12. The maximum absolute atomic E-state index is 13.0. The predicted molar refractivity (Wildman–Crippen MR) is 108 cm³/mol. The number of amides is 1. The van der Waals surface area contributed by atoms with Crippen molar-refractivity contribution in [3.63, 3.8) is 0 Å². The van der Waals surface area contributed by atoms with E-state index in [9.17, 15) is 9.59 Å². The summed E-state index contributed by atoms with van der Waals surface area (Å²) in [5, 5.41) is 3.09. The first-order valence-corrected chi connectivity index (χ1v) is 9.12. The molecular weight excluding hydrogens is 380 g/mol. The van der Waals surface area contributed by atoms with Gasteiger partial charge in [0.05, 0.1) is 18.7 Å². The lowest BCUT2D eigenvalue weighted by atomic mass is 10.0. The topological polar surface area (TPSA) is 69.0 Å². The first kappa shape index (κ1) is 19.9. The van der Waals surface area contributed by atoms with Gasteiger partial charge in [-0.1, -0.05) is 23.7 Å². The molecule has 7 heteroatoms. The van der Waals surface area contributed by atoms with E-state index in [1.807, 2.05) is 24.3 Å². The van der Waals surface area contributed by atoms with E-state index >= 15 is 0 Å². The van der Waals surface area contributed by atoms with E-state index in [2.05, 4.69) is 5.32 Å². The van der Waals surface area contributed by atoms with Crippen molar-refractivity contribution in [1.29, 1.82) is 0 Å². The van der Waals surface area contributed by atoms with Gasteiger partial charge in [-0.15, -0.1) is 0 Å². The number of Topliss-reactive ketones (excluding diaryl/α,β-unsaturated/α-hetero) is 1. The fraction of sp³-hybridized carbons (Fsp3) is 0.238. The summed E-state index contributed by atoms with van der Waals surface area (Å²) < 4.78 is 11.9. The Morgan fingerprint density at radius 3 is 2.64 bits per heavy atom. The van der Waals surface area contributed by atoms with Crippen LogP contribution in [0, 0.1) is 0 Å². The second-order valence-electron chi connectivity index (χ2n) is 6.41. The van der Waals surface area contributed by atoms with Crippen molar-refractivity contribution in [2.24, 2.45) is 0 Å². The van der Waals surface area contributed by atoms with Gasteiger partial charge in [0, 0.05) is 30.4 Å². The summed E-state index contributed by atoms with van der Waals surface area (Å²) in [6.07, 6.45) is 1.75. The van der Waals surface area contributed by atoms with Crippen LogP contribution in [0.2, 0.25) is 5.02 Å². The Labute approximate surface area is 168 Å². The number of carbonyl (C=O) groups is 2. The average Bonchev–Trinajstić information content (AvgIpc) is 3.06. The molecule has 0 saturated heterocycles. The third-order valence-corrected chi connectivity index (χ3v) is 4.65. The molecule has 3 rings (SSSR count). The Morgan fingerprint density at radius 1 is 1.18 bits per heavy atom. The van der Waals surface area contributed by atoms with Crippen molar-refractivity contribution in [1.82, 2.24) is 9.72 Å². The van der Waals surface area contributed by atoms with Crippen LogP contribution in [-0.4, -0.2) is 43.0 Å². The van der Waals surface area contributed by atoms with Gasteiger partial charge in [-0.05, 0) is 42.8 Å². The van der Waals surface area contributed by atoms with Gasteiger partial charge in [0.2, 0.25) is 0 Å². The molecule has 3 aromatic rings. The summed E-state index contributed by atoms with van der Waals surface area (Å²) in [6, 6.07) is 12.4. The maximum atomic E-state index is 13.0. The highest BCUT2D eigenvalue weighted by Crippen LogP contribution is 2.33. The number of nitrogens with zero attached hydrogens (tertiary/aromatic N) is 1. The second kappa shape index (κ2) is 8.46. The number of hydrogen-bond donors (Lipinski definition) is 1. The van der Waals surface area contributed by atoms with Gasteiger partial charge in [0.15, 0.2) is 0 Å². The molecule has 1 N–H and O–H groups in total. The number of halogens is 1. The monoisotopic (exact) mass is 400 g/mol. The molecule has 1 aromatic carbocycles. The molecule has 6 nitrogen and oxygen atoms in total. The molecule has 0 unspecified atom stereocenters. The summed E-state index contributed by atoms with van der Waals surface area (Å²) >= 11 is 6.27. The highest BCUT2D eigenvalue weighted by molar-refractivity contribution is 6.43. The largest absolute Gasteiger partial charge is 0.495 e. The first-order valence-electron chi connectivity index (χ1n) is 8.74. The van der Waals surface area contributed by atoms with Gasteiger partial charge in [-0.25, -0.2) is 0 Å². The molecule has 0 saturated carbocycles. The van der Waals surface area contributed by atoms with E-state index in [1.54, 1.807) is 35.7 Å². The van der Waals surface area contributed by atoms with E-state index in [0.717, 1.165) is 11.1 Å². The highest BCUT2D eigenvalue weighted by atomic mass is 35.5. The second-order valence-corrected chi connectivity index (χ2v) is 6.82. The minimum atomic E-state index is -0.686. The molecular formula is C21H21ClN2O4. The Morgan fingerprint density at radius 2 is 1.96 bits per heavy atom. The van der Waals surface area contributed by atoms with Crippen molar-refractivity contribution in [2.45, 2.75) is 13.0 Å². The molecule has 2 aromatic heterocycles. The van der Waals surface area contributed by atoms with Crippen molar-refractivity contribution in [3.05, 3.63) is 59.4 Å². The molecule has 0 spiro atoms. The Balaban J connectivity index is 2.08. The van der Waals surface area contributed by atoms with Gasteiger partial charge in [0.25, 0.3) is 11.7 Å². The van der Waals surface area contributed by atoms with E-state index < -0.39 is 11.7 Å². The smallest absolute Gasteiger partial charge is 0.294 e. The number of hydrogen-bond acceptors (Lipinski definition) is 4. The van der Waals surface area contributed by atoms with Crippen LogP contribution >= 0.6 is 11.6 Å². The number of fused-ring (bicyclic) bond motifs is 1. The lowest BCUT2D eigenvalue weighted by Gasteiger charge is -2.13. The standard InChI is InChI=1S/C21H21ClN2O4/c1-13(12-27-2)23-21(26)20(25)19-16(11-15-6-4-5-9-24(15)19)14-7-8-18(28-3)17(22)10-14/h4-11,13H,12H2,1-3H3,(H,23,26)/t13-/m1/s1. The van der Waals surface area contributed by atoms with E-state index in [0.29, 0.717) is 22.9 Å². The fourth-order valence-corrected chi connectivity index (χ4v) is 3.36. The van der Waals surface area contributed by atoms with Gasteiger partial charge in [-0.3, -0.25) is 9.59 Å². The zero-order valence-corrected chi connectivity index (χ0v) is 16.6. The van der Waals surface area contributed by atoms with E-state index in [4.69, 9.17) is 21.1 Å². The van der Waals surface area contributed by atoms with Crippen LogP contribution in [0.3, 0.4) is 0 Å².